The fraction of sp³-hybridized carbons (Fsp3) is 0.688. The van der Waals surface area contributed by atoms with Gasteiger partial charge in [0.15, 0.2) is 11.6 Å². The first kappa shape index (κ1) is 28.5. The molecule has 2 heteroatoms. The van der Waals surface area contributed by atoms with Gasteiger partial charge in [-0.05, 0) is 56.4 Å². The summed E-state index contributed by atoms with van der Waals surface area (Å²) in [7, 11) is 0. The third-order valence-electron chi connectivity index (χ3n) is 7.88. The number of Topliss-reactive ketones (excluding diaryl/α,β-unsaturated/α-hetero) is 2. The number of aryl methyl sites for hydroxylation is 1. The number of fused-ring (bicyclic) bond motifs is 1. The maximum Gasteiger partial charge on any atom is 0.190 e. The molecule has 0 bridgehead atoms. The summed E-state index contributed by atoms with van der Waals surface area (Å²) in [4.78, 5) is 25.8. The average molecular weight is 467 g/mol. The molecule has 2 rings (SSSR count). The van der Waals surface area contributed by atoms with Crippen LogP contribution in [0.15, 0.2) is 29.3 Å². The summed E-state index contributed by atoms with van der Waals surface area (Å²) < 4.78 is 0. The summed E-state index contributed by atoms with van der Waals surface area (Å²) in [6.45, 7) is 15.6. The Labute approximate surface area is 210 Å². The Balaban J connectivity index is 1.68. The lowest BCUT2D eigenvalue weighted by molar-refractivity contribution is 0.0971. The molecule has 0 amide bonds. The smallest absolute Gasteiger partial charge is 0.190 e. The first-order valence-corrected chi connectivity index (χ1v) is 14.0. The second kappa shape index (κ2) is 14.0. The lowest BCUT2D eigenvalue weighted by Crippen LogP contribution is -2.21. The van der Waals surface area contributed by atoms with Crippen molar-refractivity contribution in [2.24, 2.45) is 23.7 Å². The minimum atomic E-state index is 0.0281. The molecule has 1 aliphatic rings. The molecule has 0 spiro atoms. The van der Waals surface area contributed by atoms with E-state index >= 15 is 0 Å². The minimum Gasteiger partial charge on any atom is -0.289 e. The number of benzene rings is 1. The van der Waals surface area contributed by atoms with Crippen LogP contribution in [0.3, 0.4) is 0 Å². The predicted octanol–water partition coefficient (Wildman–Crippen LogP) is 9.55. The van der Waals surface area contributed by atoms with Gasteiger partial charge in [-0.25, -0.2) is 0 Å². The van der Waals surface area contributed by atoms with Crippen LogP contribution in [0.2, 0.25) is 0 Å². The molecule has 0 saturated heterocycles. The van der Waals surface area contributed by atoms with E-state index in [1.807, 2.05) is 32.0 Å². The van der Waals surface area contributed by atoms with Crippen LogP contribution in [0.4, 0.5) is 0 Å². The van der Waals surface area contributed by atoms with E-state index in [0.29, 0.717) is 22.6 Å². The summed E-state index contributed by atoms with van der Waals surface area (Å²) in [6.07, 6.45) is 13.7. The molecule has 190 valence electrons. The highest BCUT2D eigenvalue weighted by Crippen LogP contribution is 2.31. The first-order valence-electron chi connectivity index (χ1n) is 14.0. The number of hydrogen-bond acceptors (Lipinski definition) is 2. The SMILES string of the molecule is CC1=C(CCC(C)CCCC(C)CCCC(C)CCCC(C)C)C(=O)c2cc(C)ccc2C1=O. The van der Waals surface area contributed by atoms with Crippen molar-refractivity contribution in [2.45, 2.75) is 119 Å². The normalized spacial score (nSPS) is 16.7. The van der Waals surface area contributed by atoms with Crippen molar-refractivity contribution < 1.29 is 9.59 Å². The monoisotopic (exact) mass is 466 g/mol. The van der Waals surface area contributed by atoms with Crippen LogP contribution < -0.4 is 0 Å². The number of allylic oxidation sites excluding steroid dienone is 2. The molecule has 3 unspecified atom stereocenters. The highest BCUT2D eigenvalue weighted by atomic mass is 16.1. The maximum absolute atomic E-state index is 13.1. The van der Waals surface area contributed by atoms with Crippen molar-refractivity contribution in [1.29, 1.82) is 0 Å². The summed E-state index contributed by atoms with van der Waals surface area (Å²) in [5.74, 6) is 3.18. The standard InChI is InChI=1S/C32H50O2/c1-22(2)11-8-12-23(3)13-9-14-24(4)15-10-16-25(5)17-19-28-27(7)31(33)29-20-18-26(6)21-30(29)32(28)34/h18,20-25H,8-17,19H2,1-7H3. The lowest BCUT2D eigenvalue weighted by atomic mass is 9.81. The second-order valence-corrected chi connectivity index (χ2v) is 11.9. The predicted molar refractivity (Wildman–Crippen MR) is 146 cm³/mol. The molecule has 1 aromatic rings. The van der Waals surface area contributed by atoms with E-state index in [4.69, 9.17) is 0 Å². The topological polar surface area (TPSA) is 34.1 Å². The third kappa shape index (κ3) is 8.82. The number of carbonyl (C=O) groups excluding carboxylic acids is 2. The average Bonchev–Trinajstić information content (AvgIpc) is 2.77. The number of carbonyl (C=O) groups is 2. The van der Waals surface area contributed by atoms with Crippen LogP contribution in [-0.2, 0) is 0 Å². The Bertz CT molecular complexity index is 845. The van der Waals surface area contributed by atoms with Gasteiger partial charge < -0.3 is 0 Å². The minimum absolute atomic E-state index is 0.0281. The van der Waals surface area contributed by atoms with Gasteiger partial charge in [-0.15, -0.1) is 0 Å². The Morgan fingerprint density at radius 3 is 1.65 bits per heavy atom. The van der Waals surface area contributed by atoms with Crippen LogP contribution in [0.1, 0.15) is 138 Å². The van der Waals surface area contributed by atoms with Gasteiger partial charge in [0.25, 0.3) is 0 Å². The molecule has 0 saturated carbocycles. The summed E-state index contributed by atoms with van der Waals surface area (Å²) in [5.41, 5.74) is 3.60. The van der Waals surface area contributed by atoms with E-state index in [1.165, 1.54) is 57.8 Å². The van der Waals surface area contributed by atoms with Crippen molar-refractivity contribution in [3.63, 3.8) is 0 Å². The van der Waals surface area contributed by atoms with Crippen LogP contribution in [-0.4, -0.2) is 11.6 Å². The van der Waals surface area contributed by atoms with Gasteiger partial charge in [0.05, 0.1) is 0 Å². The molecule has 2 nitrogen and oxygen atoms in total. The zero-order valence-corrected chi connectivity index (χ0v) is 23.1. The Kier molecular flexibility index (Phi) is 11.8. The molecule has 1 aromatic carbocycles. The highest BCUT2D eigenvalue weighted by Gasteiger charge is 2.29. The Hall–Kier alpha value is -1.70. The van der Waals surface area contributed by atoms with E-state index in [2.05, 4.69) is 34.6 Å². The molecule has 0 fully saturated rings. The summed E-state index contributed by atoms with van der Waals surface area (Å²) in [6, 6.07) is 5.60. The van der Waals surface area contributed by atoms with Crippen molar-refractivity contribution in [2.75, 3.05) is 0 Å². The van der Waals surface area contributed by atoms with Gasteiger partial charge in [-0.2, -0.15) is 0 Å². The Morgan fingerprint density at radius 1 is 0.618 bits per heavy atom. The van der Waals surface area contributed by atoms with Gasteiger partial charge in [0.2, 0.25) is 0 Å². The lowest BCUT2D eigenvalue weighted by Gasteiger charge is -2.21. The van der Waals surface area contributed by atoms with Crippen molar-refractivity contribution in [3.05, 3.63) is 46.0 Å². The zero-order chi connectivity index (χ0) is 25.3. The van der Waals surface area contributed by atoms with E-state index in [1.54, 1.807) is 0 Å². The van der Waals surface area contributed by atoms with E-state index < -0.39 is 0 Å². The molecule has 0 N–H and O–H groups in total. The molecule has 0 aromatic heterocycles. The van der Waals surface area contributed by atoms with Gasteiger partial charge in [-0.3, -0.25) is 9.59 Å². The molecule has 0 aliphatic heterocycles. The summed E-state index contributed by atoms with van der Waals surface area (Å²) in [5, 5.41) is 0. The van der Waals surface area contributed by atoms with E-state index in [0.717, 1.165) is 41.7 Å². The van der Waals surface area contributed by atoms with E-state index in [9.17, 15) is 9.59 Å². The van der Waals surface area contributed by atoms with Crippen LogP contribution >= 0.6 is 0 Å². The van der Waals surface area contributed by atoms with Crippen molar-refractivity contribution in [1.82, 2.24) is 0 Å². The first-order chi connectivity index (χ1) is 16.1. The molecule has 0 heterocycles. The van der Waals surface area contributed by atoms with Crippen molar-refractivity contribution in [3.8, 4) is 0 Å². The number of ketones is 2. The molecular weight excluding hydrogens is 416 g/mol. The van der Waals surface area contributed by atoms with Gasteiger partial charge in [-0.1, -0.05) is 110 Å². The maximum atomic E-state index is 13.1. The number of rotatable bonds is 15. The Morgan fingerprint density at radius 2 is 1.12 bits per heavy atom. The largest absolute Gasteiger partial charge is 0.289 e. The molecule has 34 heavy (non-hydrogen) atoms. The van der Waals surface area contributed by atoms with Crippen LogP contribution in [0.5, 0.6) is 0 Å². The van der Waals surface area contributed by atoms with Crippen LogP contribution in [0.25, 0.3) is 0 Å². The second-order valence-electron chi connectivity index (χ2n) is 11.9. The fourth-order valence-corrected chi connectivity index (χ4v) is 5.34. The molecule has 1 aliphatic carbocycles. The van der Waals surface area contributed by atoms with Gasteiger partial charge in [0, 0.05) is 22.3 Å². The van der Waals surface area contributed by atoms with Crippen molar-refractivity contribution >= 4 is 11.6 Å². The summed E-state index contributed by atoms with van der Waals surface area (Å²) >= 11 is 0. The van der Waals surface area contributed by atoms with Gasteiger partial charge in [0.1, 0.15) is 0 Å². The zero-order valence-electron chi connectivity index (χ0n) is 23.1. The quantitative estimate of drug-likeness (QED) is 0.258. The van der Waals surface area contributed by atoms with Gasteiger partial charge >= 0.3 is 0 Å². The molecule has 3 atom stereocenters. The third-order valence-corrected chi connectivity index (χ3v) is 7.88. The number of hydrogen-bond donors (Lipinski definition) is 0. The fourth-order valence-electron chi connectivity index (χ4n) is 5.34. The van der Waals surface area contributed by atoms with E-state index in [-0.39, 0.29) is 11.6 Å². The molecular formula is C32H50O2. The molecule has 0 radical (unpaired) electrons. The van der Waals surface area contributed by atoms with Crippen LogP contribution in [0, 0.1) is 30.6 Å². The highest BCUT2D eigenvalue weighted by molar-refractivity contribution is 6.26.